The number of rotatable bonds is 3. The SMILES string of the molecule is O=C(c1ccccc1)N(c1ccc(F)cc1)c1cccc2cccnc12. The highest BCUT2D eigenvalue weighted by atomic mass is 19.1. The fourth-order valence-corrected chi connectivity index (χ4v) is 2.93. The number of halogens is 1. The molecule has 4 rings (SSSR count). The van der Waals surface area contributed by atoms with Crippen LogP contribution in [-0.4, -0.2) is 10.9 Å². The van der Waals surface area contributed by atoms with E-state index >= 15 is 0 Å². The van der Waals surface area contributed by atoms with Crippen molar-refractivity contribution >= 4 is 28.2 Å². The van der Waals surface area contributed by atoms with E-state index in [1.54, 1.807) is 35.4 Å². The van der Waals surface area contributed by atoms with Crippen molar-refractivity contribution in [3.63, 3.8) is 0 Å². The van der Waals surface area contributed by atoms with Crippen LogP contribution in [0.25, 0.3) is 10.9 Å². The summed E-state index contributed by atoms with van der Waals surface area (Å²) < 4.78 is 13.4. The van der Waals surface area contributed by atoms with Crippen LogP contribution in [-0.2, 0) is 0 Å². The number of hydrogen-bond donors (Lipinski definition) is 0. The molecule has 0 radical (unpaired) electrons. The van der Waals surface area contributed by atoms with Gasteiger partial charge >= 0.3 is 0 Å². The molecule has 4 aromatic rings. The molecule has 26 heavy (non-hydrogen) atoms. The van der Waals surface area contributed by atoms with Crippen LogP contribution in [0.1, 0.15) is 10.4 Å². The maximum Gasteiger partial charge on any atom is 0.262 e. The Morgan fingerprint density at radius 3 is 2.31 bits per heavy atom. The first-order chi connectivity index (χ1) is 12.7. The molecule has 0 unspecified atom stereocenters. The molecule has 0 spiro atoms. The van der Waals surface area contributed by atoms with Crippen molar-refractivity contribution in [2.24, 2.45) is 0 Å². The second-order valence-electron chi connectivity index (χ2n) is 5.84. The van der Waals surface area contributed by atoms with E-state index in [1.807, 2.05) is 48.5 Å². The van der Waals surface area contributed by atoms with Crippen molar-refractivity contribution < 1.29 is 9.18 Å². The Morgan fingerprint density at radius 2 is 1.54 bits per heavy atom. The van der Waals surface area contributed by atoms with Crippen LogP contribution in [0, 0.1) is 5.82 Å². The molecule has 0 saturated carbocycles. The first-order valence-electron chi connectivity index (χ1n) is 8.23. The van der Waals surface area contributed by atoms with Crippen molar-refractivity contribution in [1.82, 2.24) is 4.98 Å². The second kappa shape index (κ2) is 6.76. The van der Waals surface area contributed by atoms with Crippen molar-refractivity contribution in [1.29, 1.82) is 0 Å². The van der Waals surface area contributed by atoms with Crippen LogP contribution in [0.15, 0.2) is 91.1 Å². The summed E-state index contributed by atoms with van der Waals surface area (Å²) in [5.74, 6) is -0.549. The van der Waals surface area contributed by atoms with Gasteiger partial charge in [0.05, 0.1) is 11.2 Å². The van der Waals surface area contributed by atoms with Gasteiger partial charge in [-0.05, 0) is 48.5 Å². The Labute approximate surface area is 150 Å². The van der Waals surface area contributed by atoms with Crippen molar-refractivity contribution in [3.05, 3.63) is 103 Å². The molecular weight excluding hydrogens is 327 g/mol. The van der Waals surface area contributed by atoms with Gasteiger partial charge in [0.1, 0.15) is 5.82 Å². The molecule has 3 aromatic carbocycles. The molecule has 0 aliphatic rings. The molecule has 0 N–H and O–H groups in total. The van der Waals surface area contributed by atoms with E-state index in [9.17, 15) is 9.18 Å². The summed E-state index contributed by atoms with van der Waals surface area (Å²) in [4.78, 5) is 19.3. The molecule has 126 valence electrons. The lowest BCUT2D eigenvalue weighted by Gasteiger charge is -2.24. The van der Waals surface area contributed by atoms with Crippen LogP contribution in [0.5, 0.6) is 0 Å². The maximum absolute atomic E-state index is 13.4. The fourth-order valence-electron chi connectivity index (χ4n) is 2.93. The van der Waals surface area contributed by atoms with Crippen molar-refractivity contribution in [2.45, 2.75) is 0 Å². The Balaban J connectivity index is 1.93. The lowest BCUT2D eigenvalue weighted by molar-refractivity contribution is 0.0999. The summed E-state index contributed by atoms with van der Waals surface area (Å²) >= 11 is 0. The van der Waals surface area contributed by atoms with Gasteiger partial charge in [-0.2, -0.15) is 0 Å². The third-order valence-electron chi connectivity index (χ3n) is 4.16. The molecule has 0 atom stereocenters. The van der Waals surface area contributed by atoms with Gasteiger partial charge in [-0.15, -0.1) is 0 Å². The predicted molar refractivity (Wildman–Crippen MR) is 101 cm³/mol. The van der Waals surface area contributed by atoms with Gasteiger partial charge in [0.15, 0.2) is 0 Å². The van der Waals surface area contributed by atoms with Gasteiger partial charge in [-0.1, -0.05) is 36.4 Å². The molecule has 0 aliphatic heterocycles. The standard InChI is InChI=1S/C22H15FN2O/c23-18-11-13-19(14-12-18)25(22(26)17-6-2-1-3-7-17)20-10-4-8-16-9-5-15-24-21(16)20/h1-15H. The van der Waals surface area contributed by atoms with E-state index < -0.39 is 0 Å². The number of fused-ring (bicyclic) bond motifs is 1. The quantitative estimate of drug-likeness (QED) is 0.503. The number of carbonyl (C=O) groups excluding carboxylic acids is 1. The lowest BCUT2D eigenvalue weighted by atomic mass is 10.1. The van der Waals surface area contributed by atoms with Crippen LogP contribution in [0.2, 0.25) is 0 Å². The minimum absolute atomic E-state index is 0.199. The van der Waals surface area contributed by atoms with Gasteiger partial charge in [0.2, 0.25) is 0 Å². The number of carbonyl (C=O) groups is 1. The van der Waals surface area contributed by atoms with Crippen LogP contribution >= 0.6 is 0 Å². The number of nitrogens with zero attached hydrogens (tertiary/aromatic N) is 2. The monoisotopic (exact) mass is 342 g/mol. The Morgan fingerprint density at radius 1 is 0.808 bits per heavy atom. The average molecular weight is 342 g/mol. The highest BCUT2D eigenvalue weighted by Crippen LogP contribution is 2.32. The molecule has 1 aromatic heterocycles. The fraction of sp³-hybridized carbons (Fsp3) is 0. The second-order valence-corrected chi connectivity index (χ2v) is 5.84. The zero-order valence-electron chi connectivity index (χ0n) is 13.8. The zero-order chi connectivity index (χ0) is 17.9. The average Bonchev–Trinajstić information content (AvgIpc) is 2.70. The van der Waals surface area contributed by atoms with E-state index in [0.29, 0.717) is 22.5 Å². The number of benzene rings is 3. The third-order valence-corrected chi connectivity index (χ3v) is 4.16. The number of aromatic nitrogens is 1. The number of para-hydroxylation sites is 1. The highest BCUT2D eigenvalue weighted by Gasteiger charge is 2.22. The number of amides is 1. The molecule has 0 aliphatic carbocycles. The van der Waals surface area contributed by atoms with Crippen LogP contribution in [0.3, 0.4) is 0 Å². The predicted octanol–water partition coefficient (Wildman–Crippen LogP) is 5.35. The minimum atomic E-state index is -0.350. The first kappa shape index (κ1) is 16.0. The minimum Gasteiger partial charge on any atom is -0.275 e. The summed E-state index contributed by atoms with van der Waals surface area (Å²) in [5, 5.41) is 0.929. The lowest BCUT2D eigenvalue weighted by Crippen LogP contribution is -2.26. The molecule has 0 fully saturated rings. The van der Waals surface area contributed by atoms with E-state index in [2.05, 4.69) is 4.98 Å². The van der Waals surface area contributed by atoms with Crippen LogP contribution < -0.4 is 4.90 Å². The Hall–Kier alpha value is -3.53. The summed E-state index contributed by atoms with van der Waals surface area (Å²) in [6, 6.07) is 24.4. The maximum atomic E-state index is 13.4. The van der Waals surface area contributed by atoms with Crippen molar-refractivity contribution in [3.8, 4) is 0 Å². The molecule has 0 bridgehead atoms. The zero-order valence-corrected chi connectivity index (χ0v) is 13.8. The first-order valence-corrected chi connectivity index (χ1v) is 8.23. The molecule has 3 nitrogen and oxygen atoms in total. The smallest absolute Gasteiger partial charge is 0.262 e. The molecule has 0 saturated heterocycles. The summed E-state index contributed by atoms with van der Waals surface area (Å²) in [6.45, 7) is 0. The van der Waals surface area contributed by atoms with Gasteiger partial charge in [-0.25, -0.2) is 4.39 Å². The van der Waals surface area contributed by atoms with E-state index in [1.165, 1.54) is 12.1 Å². The molecular formula is C22H15FN2O. The van der Waals surface area contributed by atoms with E-state index in [0.717, 1.165) is 5.39 Å². The topological polar surface area (TPSA) is 33.2 Å². The number of anilines is 2. The highest BCUT2D eigenvalue weighted by molar-refractivity contribution is 6.14. The van der Waals surface area contributed by atoms with Gasteiger partial charge in [0.25, 0.3) is 5.91 Å². The van der Waals surface area contributed by atoms with Crippen LogP contribution in [0.4, 0.5) is 15.8 Å². The van der Waals surface area contributed by atoms with Gasteiger partial charge < -0.3 is 0 Å². The summed E-state index contributed by atoms with van der Waals surface area (Å²) in [6.07, 6.45) is 1.70. The van der Waals surface area contributed by atoms with Crippen molar-refractivity contribution in [2.75, 3.05) is 4.90 Å². The largest absolute Gasteiger partial charge is 0.275 e. The third kappa shape index (κ3) is 2.93. The normalized spacial score (nSPS) is 10.7. The Bertz CT molecular complexity index is 1060. The number of hydrogen-bond acceptors (Lipinski definition) is 2. The number of pyridine rings is 1. The molecule has 1 heterocycles. The van der Waals surface area contributed by atoms with Gasteiger partial charge in [0, 0.05) is 22.8 Å². The molecule has 1 amide bonds. The summed E-state index contributed by atoms with van der Waals surface area (Å²) in [7, 11) is 0. The van der Waals surface area contributed by atoms with E-state index in [4.69, 9.17) is 0 Å². The summed E-state index contributed by atoms with van der Waals surface area (Å²) in [5.41, 5.74) is 2.50. The Kier molecular flexibility index (Phi) is 4.15. The van der Waals surface area contributed by atoms with E-state index in [-0.39, 0.29) is 11.7 Å². The van der Waals surface area contributed by atoms with Gasteiger partial charge in [-0.3, -0.25) is 14.7 Å². The molecule has 4 heteroatoms.